The summed E-state index contributed by atoms with van der Waals surface area (Å²) in [7, 11) is 4.04. The number of thiocarbonyl (C=S) groups is 1. The molecule has 2 aromatic heterocycles. The molecule has 7 heteroatoms. The fraction of sp³-hybridized carbons (Fsp3) is 0.214. The smallest absolute Gasteiger partial charge is 0.174 e. The van der Waals surface area contributed by atoms with Crippen LogP contribution < -0.4 is 15.1 Å². The van der Waals surface area contributed by atoms with E-state index in [1.54, 1.807) is 12.3 Å². The van der Waals surface area contributed by atoms with Crippen LogP contribution in [0.5, 0.6) is 0 Å². The van der Waals surface area contributed by atoms with Gasteiger partial charge in [0.25, 0.3) is 0 Å². The van der Waals surface area contributed by atoms with E-state index in [2.05, 4.69) is 50.4 Å². The number of aromatic nitrogens is 2. The van der Waals surface area contributed by atoms with Gasteiger partial charge in [0.15, 0.2) is 5.11 Å². The first-order chi connectivity index (χ1) is 16.9. The fourth-order valence-corrected chi connectivity index (χ4v) is 5.30. The second-order valence-corrected chi connectivity index (χ2v) is 9.41. The van der Waals surface area contributed by atoms with Gasteiger partial charge in [-0.05, 0) is 86.2 Å². The summed E-state index contributed by atoms with van der Waals surface area (Å²) in [5.74, 6) is -0.252. The van der Waals surface area contributed by atoms with Crippen LogP contribution in [0.2, 0.25) is 0 Å². The number of halogens is 1. The highest BCUT2D eigenvalue weighted by molar-refractivity contribution is 7.80. The highest BCUT2D eigenvalue weighted by Gasteiger charge is 2.42. The minimum atomic E-state index is -0.252. The minimum absolute atomic E-state index is 0.158. The first kappa shape index (κ1) is 23.1. The Balaban J connectivity index is 1.67. The largest absolute Gasteiger partial charge is 0.378 e. The van der Waals surface area contributed by atoms with Crippen LogP contribution in [0.4, 0.5) is 15.8 Å². The second kappa shape index (κ2) is 9.15. The van der Waals surface area contributed by atoms with Crippen molar-refractivity contribution in [2.75, 3.05) is 23.9 Å². The van der Waals surface area contributed by atoms with Crippen LogP contribution in [0.3, 0.4) is 0 Å². The van der Waals surface area contributed by atoms with Gasteiger partial charge < -0.3 is 19.7 Å². The van der Waals surface area contributed by atoms with Crippen molar-refractivity contribution in [2.24, 2.45) is 0 Å². The normalized spacial score (nSPS) is 17.5. The molecule has 2 aromatic carbocycles. The summed E-state index contributed by atoms with van der Waals surface area (Å²) in [5.41, 5.74) is 6.56. The minimum Gasteiger partial charge on any atom is -0.378 e. The Morgan fingerprint density at radius 2 is 1.69 bits per heavy atom. The molecular formula is C28H28FN5S. The van der Waals surface area contributed by atoms with Crippen LogP contribution >= 0.6 is 12.2 Å². The van der Waals surface area contributed by atoms with Gasteiger partial charge in [0.2, 0.25) is 0 Å². The molecule has 4 aromatic rings. The number of nitrogens with zero attached hydrogens (tertiary/aromatic N) is 4. The van der Waals surface area contributed by atoms with Gasteiger partial charge >= 0.3 is 0 Å². The number of hydrogen-bond acceptors (Lipinski definition) is 3. The van der Waals surface area contributed by atoms with Gasteiger partial charge in [-0.3, -0.25) is 4.98 Å². The van der Waals surface area contributed by atoms with E-state index in [1.807, 2.05) is 62.8 Å². The third-order valence-corrected chi connectivity index (χ3v) is 6.94. The third-order valence-electron chi connectivity index (χ3n) is 6.62. The molecule has 5 nitrogen and oxygen atoms in total. The lowest BCUT2D eigenvalue weighted by Gasteiger charge is -2.28. The quantitative estimate of drug-likeness (QED) is 0.358. The summed E-state index contributed by atoms with van der Waals surface area (Å²) in [5, 5.41) is 4.15. The number of rotatable bonds is 5. The zero-order valence-corrected chi connectivity index (χ0v) is 21.1. The zero-order chi connectivity index (χ0) is 24.7. The van der Waals surface area contributed by atoms with Gasteiger partial charge in [-0.1, -0.05) is 18.2 Å². The van der Waals surface area contributed by atoms with E-state index in [4.69, 9.17) is 12.2 Å². The molecule has 1 saturated heterocycles. The molecule has 5 rings (SSSR count). The summed E-state index contributed by atoms with van der Waals surface area (Å²) in [6.45, 7) is 4.05. The van der Waals surface area contributed by atoms with Crippen LogP contribution in [0.25, 0.3) is 5.69 Å². The lowest BCUT2D eigenvalue weighted by atomic mass is 9.96. The van der Waals surface area contributed by atoms with Crippen LogP contribution in [-0.2, 0) is 0 Å². The van der Waals surface area contributed by atoms with Gasteiger partial charge in [0, 0.05) is 43.1 Å². The number of aryl methyl sites for hydroxylation is 1. The van der Waals surface area contributed by atoms with E-state index >= 15 is 0 Å². The highest BCUT2D eigenvalue weighted by atomic mass is 32.1. The van der Waals surface area contributed by atoms with E-state index < -0.39 is 0 Å². The Morgan fingerprint density at radius 3 is 2.34 bits per heavy atom. The number of para-hydroxylation sites is 1. The maximum Gasteiger partial charge on any atom is 0.174 e. The van der Waals surface area contributed by atoms with Crippen molar-refractivity contribution in [3.8, 4) is 5.69 Å². The number of benzene rings is 2. The third kappa shape index (κ3) is 4.06. The van der Waals surface area contributed by atoms with E-state index in [1.165, 1.54) is 6.07 Å². The molecule has 178 valence electrons. The van der Waals surface area contributed by atoms with Gasteiger partial charge in [-0.2, -0.15) is 0 Å². The molecule has 1 N–H and O–H groups in total. The monoisotopic (exact) mass is 485 g/mol. The topological polar surface area (TPSA) is 36.3 Å². The zero-order valence-electron chi connectivity index (χ0n) is 20.2. The van der Waals surface area contributed by atoms with E-state index in [0.29, 0.717) is 10.8 Å². The first-order valence-electron chi connectivity index (χ1n) is 11.6. The highest BCUT2D eigenvalue weighted by Crippen LogP contribution is 2.44. The SMILES string of the molecule is Cc1cc([C@@H]2[C@@H](c3ccccn3)NC(=S)N2c2ccc(N(C)C)cc2)c(C)n1-c1ccccc1F. The Kier molecular flexibility index (Phi) is 6.03. The summed E-state index contributed by atoms with van der Waals surface area (Å²) in [4.78, 5) is 8.87. The molecule has 3 heterocycles. The predicted octanol–water partition coefficient (Wildman–Crippen LogP) is 5.87. The molecule has 0 spiro atoms. The summed E-state index contributed by atoms with van der Waals surface area (Å²) >= 11 is 5.87. The summed E-state index contributed by atoms with van der Waals surface area (Å²) in [6.07, 6.45) is 1.80. The Morgan fingerprint density at radius 1 is 0.971 bits per heavy atom. The van der Waals surface area contributed by atoms with Gasteiger partial charge in [-0.25, -0.2) is 4.39 Å². The van der Waals surface area contributed by atoms with Gasteiger partial charge in [0.05, 0.1) is 23.5 Å². The van der Waals surface area contributed by atoms with Crippen molar-refractivity contribution in [1.82, 2.24) is 14.9 Å². The molecule has 0 radical (unpaired) electrons. The average Bonchev–Trinajstić information content (AvgIpc) is 3.35. The van der Waals surface area contributed by atoms with Crippen LogP contribution in [0.1, 0.15) is 34.7 Å². The second-order valence-electron chi connectivity index (χ2n) is 9.02. The van der Waals surface area contributed by atoms with E-state index in [-0.39, 0.29) is 17.9 Å². The van der Waals surface area contributed by atoms with Crippen LogP contribution in [-0.4, -0.2) is 28.8 Å². The lowest BCUT2D eigenvalue weighted by molar-refractivity contribution is 0.564. The van der Waals surface area contributed by atoms with Gasteiger partial charge in [0.1, 0.15) is 5.82 Å². The molecule has 0 unspecified atom stereocenters. The van der Waals surface area contributed by atoms with Crippen molar-refractivity contribution in [1.29, 1.82) is 0 Å². The van der Waals surface area contributed by atoms with Crippen LogP contribution in [0, 0.1) is 19.7 Å². The van der Waals surface area contributed by atoms with Crippen molar-refractivity contribution >= 4 is 28.7 Å². The lowest BCUT2D eigenvalue weighted by Crippen LogP contribution is -2.29. The molecule has 0 amide bonds. The van der Waals surface area contributed by atoms with Crippen LogP contribution in [0.15, 0.2) is 79.0 Å². The molecule has 1 aliphatic heterocycles. The van der Waals surface area contributed by atoms with Crippen molar-refractivity contribution in [2.45, 2.75) is 25.9 Å². The number of pyridine rings is 1. The maximum absolute atomic E-state index is 14.8. The molecule has 35 heavy (non-hydrogen) atoms. The van der Waals surface area contributed by atoms with E-state index in [9.17, 15) is 4.39 Å². The molecule has 0 bridgehead atoms. The molecular weight excluding hydrogens is 457 g/mol. The van der Waals surface area contributed by atoms with E-state index in [0.717, 1.165) is 34.0 Å². The van der Waals surface area contributed by atoms with Crippen molar-refractivity contribution in [3.05, 3.63) is 107 Å². The summed E-state index contributed by atoms with van der Waals surface area (Å²) in [6, 6.07) is 23.0. The Hall–Kier alpha value is -3.71. The number of nitrogens with one attached hydrogen (secondary N) is 1. The summed E-state index contributed by atoms with van der Waals surface area (Å²) < 4.78 is 16.8. The van der Waals surface area contributed by atoms with Crippen molar-refractivity contribution in [3.63, 3.8) is 0 Å². The molecule has 1 fully saturated rings. The van der Waals surface area contributed by atoms with Gasteiger partial charge in [-0.15, -0.1) is 0 Å². The standard InChI is InChI=1S/C28H28FN5S/c1-18-17-22(19(2)33(18)25-11-6-5-9-23(25)29)27-26(24-10-7-8-16-30-24)31-28(35)34(27)21-14-12-20(13-15-21)32(3)4/h5-17,26-27H,1-4H3,(H,31,35)/t26-,27-/m1/s1. The first-order valence-corrected chi connectivity index (χ1v) is 12.0. The maximum atomic E-state index is 14.8. The Bertz CT molecular complexity index is 1360. The Labute approximate surface area is 210 Å². The fourth-order valence-electron chi connectivity index (χ4n) is 4.95. The number of hydrogen-bond donors (Lipinski definition) is 1. The molecule has 0 saturated carbocycles. The predicted molar refractivity (Wildman–Crippen MR) is 144 cm³/mol. The molecule has 2 atom stereocenters. The number of anilines is 2. The average molecular weight is 486 g/mol. The van der Waals surface area contributed by atoms with Crippen molar-refractivity contribution < 1.29 is 4.39 Å². The molecule has 1 aliphatic rings. The molecule has 0 aliphatic carbocycles.